The van der Waals surface area contributed by atoms with Gasteiger partial charge in [-0.1, -0.05) is 48.9 Å². The van der Waals surface area contributed by atoms with Crippen LogP contribution in [0.2, 0.25) is 0 Å². The summed E-state index contributed by atoms with van der Waals surface area (Å²) in [6.45, 7) is 5.32. The van der Waals surface area contributed by atoms with Gasteiger partial charge < -0.3 is 15.0 Å². The summed E-state index contributed by atoms with van der Waals surface area (Å²) in [5, 5.41) is 5.33. The molecule has 1 aliphatic heterocycles. The van der Waals surface area contributed by atoms with E-state index < -0.39 is 0 Å². The van der Waals surface area contributed by atoms with Crippen molar-refractivity contribution in [3.8, 4) is 5.75 Å². The first-order valence-corrected chi connectivity index (χ1v) is 13.6. The molecule has 1 atom stereocenters. The minimum Gasteiger partial charge on any atom is -0.486 e. The number of hydrogen-bond donors (Lipinski definition) is 1. The zero-order valence-electron chi connectivity index (χ0n) is 21.5. The summed E-state index contributed by atoms with van der Waals surface area (Å²) in [5.74, 6) is 0.626. The van der Waals surface area contributed by atoms with Crippen LogP contribution in [-0.4, -0.2) is 33.2 Å². The Morgan fingerprint density at radius 1 is 1.16 bits per heavy atom. The van der Waals surface area contributed by atoms with Crippen LogP contribution < -0.4 is 10.1 Å². The molecule has 1 unspecified atom stereocenters. The molecular formula is C30H30N4O3S. The lowest BCUT2D eigenvalue weighted by molar-refractivity contribution is -0.132. The molecule has 38 heavy (non-hydrogen) atoms. The first kappa shape index (κ1) is 25.6. The minimum atomic E-state index is -0.230. The molecule has 1 N–H and O–H groups in total. The van der Waals surface area contributed by atoms with E-state index in [4.69, 9.17) is 4.74 Å². The number of amides is 2. The molecule has 2 aromatic carbocycles. The van der Waals surface area contributed by atoms with E-state index in [9.17, 15) is 9.59 Å². The quantitative estimate of drug-likeness (QED) is 0.339. The van der Waals surface area contributed by atoms with Gasteiger partial charge in [0, 0.05) is 37.3 Å². The van der Waals surface area contributed by atoms with Crippen LogP contribution in [-0.2, 0) is 24.4 Å². The van der Waals surface area contributed by atoms with Crippen LogP contribution in [0.4, 0.5) is 0 Å². The van der Waals surface area contributed by atoms with Crippen LogP contribution in [0, 0.1) is 6.92 Å². The predicted molar refractivity (Wildman–Crippen MR) is 147 cm³/mol. The average molecular weight is 527 g/mol. The highest BCUT2D eigenvalue weighted by Gasteiger charge is 2.31. The highest BCUT2D eigenvalue weighted by molar-refractivity contribution is 7.09. The molecule has 0 saturated heterocycles. The topological polar surface area (TPSA) is 84.4 Å². The van der Waals surface area contributed by atoms with E-state index in [0.29, 0.717) is 36.0 Å². The van der Waals surface area contributed by atoms with Gasteiger partial charge >= 0.3 is 0 Å². The zero-order chi connectivity index (χ0) is 26.5. The number of benzene rings is 2. The van der Waals surface area contributed by atoms with Crippen molar-refractivity contribution in [2.75, 3.05) is 6.54 Å². The first-order valence-electron chi connectivity index (χ1n) is 12.7. The van der Waals surface area contributed by atoms with E-state index in [1.807, 2.05) is 36.1 Å². The van der Waals surface area contributed by atoms with Crippen LogP contribution in [0.1, 0.15) is 62.7 Å². The van der Waals surface area contributed by atoms with Crippen molar-refractivity contribution >= 4 is 23.2 Å². The number of carbonyl (C=O) groups is 2. The molecule has 2 aromatic heterocycles. The lowest BCUT2D eigenvalue weighted by Crippen LogP contribution is -2.40. The fraction of sp³-hybridized carbons (Fsp3) is 0.267. The van der Waals surface area contributed by atoms with Gasteiger partial charge in [-0.2, -0.15) is 0 Å². The summed E-state index contributed by atoms with van der Waals surface area (Å²) in [7, 11) is 0. The average Bonchev–Trinajstić information content (AvgIpc) is 3.44. The zero-order valence-corrected chi connectivity index (χ0v) is 22.3. The van der Waals surface area contributed by atoms with E-state index in [2.05, 4.69) is 52.5 Å². The minimum absolute atomic E-state index is 0.143. The summed E-state index contributed by atoms with van der Waals surface area (Å²) in [6.07, 6.45) is 4.70. The van der Waals surface area contributed by atoms with Gasteiger partial charge in [0.2, 0.25) is 5.91 Å². The summed E-state index contributed by atoms with van der Waals surface area (Å²) >= 11 is 1.39. The lowest BCUT2D eigenvalue weighted by atomic mass is 9.87. The van der Waals surface area contributed by atoms with Gasteiger partial charge in [0.05, 0.1) is 6.04 Å². The summed E-state index contributed by atoms with van der Waals surface area (Å²) in [5.41, 5.74) is 5.89. The van der Waals surface area contributed by atoms with Crippen LogP contribution in [0.25, 0.3) is 0 Å². The van der Waals surface area contributed by atoms with Crippen molar-refractivity contribution < 1.29 is 14.3 Å². The van der Waals surface area contributed by atoms with Crippen LogP contribution in [0.5, 0.6) is 5.75 Å². The van der Waals surface area contributed by atoms with Gasteiger partial charge in [0.1, 0.15) is 23.1 Å². The Labute approximate surface area is 226 Å². The molecule has 2 amide bonds. The van der Waals surface area contributed by atoms with E-state index in [1.54, 1.807) is 17.8 Å². The predicted octanol–water partition coefficient (Wildman–Crippen LogP) is 5.24. The number of nitrogens with one attached hydrogen (secondary N) is 1. The number of aromatic nitrogens is 2. The molecule has 0 radical (unpaired) electrons. The van der Waals surface area contributed by atoms with Gasteiger partial charge in [-0.05, 0) is 53.8 Å². The summed E-state index contributed by atoms with van der Waals surface area (Å²) in [6, 6.07) is 18.1. The molecule has 1 aliphatic rings. The second-order valence-corrected chi connectivity index (χ2v) is 10.3. The second kappa shape index (κ2) is 11.6. The second-order valence-electron chi connectivity index (χ2n) is 9.32. The third-order valence-electron chi connectivity index (χ3n) is 6.68. The maximum Gasteiger partial charge on any atom is 0.271 e. The Bertz CT molecular complexity index is 1420. The monoisotopic (exact) mass is 526 g/mol. The molecule has 3 heterocycles. The molecule has 0 saturated carbocycles. The number of aryl methyl sites for hydroxylation is 1. The number of thiazole rings is 1. The molecule has 194 valence electrons. The highest BCUT2D eigenvalue weighted by Crippen LogP contribution is 2.37. The van der Waals surface area contributed by atoms with Crippen molar-refractivity contribution in [1.29, 1.82) is 0 Å². The Morgan fingerprint density at radius 2 is 2.00 bits per heavy atom. The molecule has 4 aromatic rings. The van der Waals surface area contributed by atoms with Crippen molar-refractivity contribution in [2.24, 2.45) is 0 Å². The van der Waals surface area contributed by atoms with E-state index in [1.165, 1.54) is 22.5 Å². The van der Waals surface area contributed by atoms with Crippen molar-refractivity contribution in [3.63, 3.8) is 0 Å². The van der Waals surface area contributed by atoms with E-state index >= 15 is 0 Å². The third kappa shape index (κ3) is 5.75. The molecule has 0 spiro atoms. The molecule has 8 heteroatoms. The standard InChI is InChI=1S/C30H30N4O3S/c1-3-28(35)34-14-12-22-10-11-24(15-25(22)29(34)23-8-6-20(2)7-9-23)37-18-27-33-26(19-38-27)30(36)32-17-21-5-4-13-31-16-21/h4-11,13,15-16,19,29H,3,12,14,17-18H2,1-2H3,(H,32,36). The van der Waals surface area contributed by atoms with Crippen molar-refractivity contribution in [1.82, 2.24) is 20.2 Å². The molecule has 0 bridgehead atoms. The Kier molecular flexibility index (Phi) is 7.79. The fourth-order valence-electron chi connectivity index (χ4n) is 4.67. The number of hydrogen-bond acceptors (Lipinski definition) is 6. The maximum absolute atomic E-state index is 12.9. The van der Waals surface area contributed by atoms with Crippen LogP contribution >= 0.6 is 11.3 Å². The Morgan fingerprint density at radius 3 is 2.76 bits per heavy atom. The first-order chi connectivity index (χ1) is 18.5. The number of rotatable bonds is 8. The van der Waals surface area contributed by atoms with E-state index in [-0.39, 0.29) is 24.5 Å². The number of nitrogens with zero attached hydrogens (tertiary/aromatic N) is 3. The molecule has 5 rings (SSSR count). The molecule has 0 fully saturated rings. The fourth-order valence-corrected chi connectivity index (χ4v) is 5.35. The molecular weight excluding hydrogens is 496 g/mol. The number of pyridine rings is 1. The van der Waals surface area contributed by atoms with E-state index in [0.717, 1.165) is 23.1 Å². The number of fused-ring (bicyclic) bond motifs is 1. The largest absolute Gasteiger partial charge is 0.486 e. The Balaban J connectivity index is 1.29. The molecule has 0 aliphatic carbocycles. The van der Waals surface area contributed by atoms with Crippen molar-refractivity contribution in [3.05, 3.63) is 111 Å². The van der Waals surface area contributed by atoms with Gasteiger partial charge in [-0.15, -0.1) is 11.3 Å². The van der Waals surface area contributed by atoms with Crippen molar-refractivity contribution in [2.45, 2.75) is 45.9 Å². The normalized spacial score (nSPS) is 14.6. The maximum atomic E-state index is 12.9. The molecule has 7 nitrogen and oxygen atoms in total. The summed E-state index contributed by atoms with van der Waals surface area (Å²) in [4.78, 5) is 35.9. The summed E-state index contributed by atoms with van der Waals surface area (Å²) < 4.78 is 6.11. The SMILES string of the molecule is CCC(=O)N1CCc2ccc(OCc3nc(C(=O)NCc4cccnc4)cs3)cc2C1c1ccc(C)cc1. The lowest BCUT2D eigenvalue weighted by Gasteiger charge is -2.38. The van der Waals surface area contributed by atoms with Gasteiger partial charge in [-0.3, -0.25) is 14.6 Å². The van der Waals surface area contributed by atoms with Crippen LogP contribution in [0.15, 0.2) is 72.4 Å². The van der Waals surface area contributed by atoms with Gasteiger partial charge in [0.25, 0.3) is 5.91 Å². The highest BCUT2D eigenvalue weighted by atomic mass is 32.1. The smallest absolute Gasteiger partial charge is 0.271 e. The number of ether oxygens (including phenoxy) is 1. The third-order valence-corrected chi connectivity index (χ3v) is 7.51. The Hall–Kier alpha value is -4.04. The number of carbonyl (C=O) groups excluding carboxylic acids is 2. The van der Waals surface area contributed by atoms with Gasteiger partial charge in [-0.25, -0.2) is 4.98 Å². The van der Waals surface area contributed by atoms with Crippen LogP contribution in [0.3, 0.4) is 0 Å². The van der Waals surface area contributed by atoms with Gasteiger partial charge in [0.15, 0.2) is 0 Å².